The van der Waals surface area contributed by atoms with Crippen molar-refractivity contribution in [3.63, 3.8) is 0 Å². The molecule has 0 heterocycles. The Bertz CT molecular complexity index is 458. The molecule has 110 valence electrons. The topological polar surface area (TPSA) is 67.4 Å². The molecular weight excluding hydrogens is 256 g/mol. The third-order valence-corrected chi connectivity index (χ3v) is 2.45. The summed E-state index contributed by atoms with van der Waals surface area (Å²) in [5.41, 5.74) is 0.607. The highest BCUT2D eigenvalue weighted by Crippen LogP contribution is 2.24. The molecule has 5 heteroatoms. The van der Waals surface area contributed by atoms with E-state index >= 15 is 0 Å². The van der Waals surface area contributed by atoms with Gasteiger partial charge in [-0.25, -0.2) is 0 Å². The third kappa shape index (κ3) is 5.73. The lowest BCUT2D eigenvalue weighted by Gasteiger charge is -2.14. The number of anilines is 1. The molecule has 0 saturated carbocycles. The second kappa shape index (κ2) is 8.19. The van der Waals surface area contributed by atoms with E-state index in [-0.39, 0.29) is 24.5 Å². The Kier molecular flexibility index (Phi) is 6.56. The minimum atomic E-state index is -0.269. The summed E-state index contributed by atoms with van der Waals surface area (Å²) >= 11 is 0. The molecule has 0 atom stereocenters. The van der Waals surface area contributed by atoms with Gasteiger partial charge in [0.15, 0.2) is 0 Å². The number of amides is 2. The van der Waals surface area contributed by atoms with Gasteiger partial charge in [-0.1, -0.05) is 19.1 Å². The van der Waals surface area contributed by atoms with Gasteiger partial charge in [-0.3, -0.25) is 9.59 Å². The van der Waals surface area contributed by atoms with Crippen LogP contribution >= 0.6 is 0 Å². The first-order valence-electron chi connectivity index (χ1n) is 6.85. The monoisotopic (exact) mass is 278 g/mol. The summed E-state index contributed by atoms with van der Waals surface area (Å²) in [7, 11) is 0. The van der Waals surface area contributed by atoms with E-state index in [9.17, 15) is 9.59 Å². The van der Waals surface area contributed by atoms with Crippen LogP contribution in [0.2, 0.25) is 0 Å². The van der Waals surface area contributed by atoms with Gasteiger partial charge in [-0.15, -0.1) is 0 Å². The van der Waals surface area contributed by atoms with E-state index in [4.69, 9.17) is 4.74 Å². The quantitative estimate of drug-likeness (QED) is 0.804. The fourth-order valence-electron chi connectivity index (χ4n) is 1.62. The molecule has 0 radical (unpaired) electrons. The highest BCUT2D eigenvalue weighted by molar-refractivity contribution is 5.95. The Labute approximate surface area is 119 Å². The number of carbonyl (C=O) groups excluding carboxylic acids is 2. The number of hydrogen-bond acceptors (Lipinski definition) is 3. The minimum absolute atomic E-state index is 0.0253. The number of para-hydroxylation sites is 2. The minimum Gasteiger partial charge on any atom is -0.489 e. The molecule has 1 rings (SSSR count). The van der Waals surface area contributed by atoms with Gasteiger partial charge in [0.2, 0.25) is 11.8 Å². The van der Waals surface area contributed by atoms with Crippen LogP contribution in [0, 0.1) is 0 Å². The first kappa shape index (κ1) is 16.0. The average molecular weight is 278 g/mol. The lowest BCUT2D eigenvalue weighted by atomic mass is 10.3. The number of nitrogens with one attached hydrogen (secondary N) is 2. The predicted molar refractivity (Wildman–Crippen MR) is 78.8 cm³/mol. The van der Waals surface area contributed by atoms with Gasteiger partial charge in [-0.2, -0.15) is 0 Å². The Balaban J connectivity index is 2.55. The molecule has 0 spiro atoms. The van der Waals surface area contributed by atoms with Crippen LogP contribution in [0.4, 0.5) is 5.69 Å². The van der Waals surface area contributed by atoms with Crippen LogP contribution in [-0.4, -0.2) is 24.5 Å². The van der Waals surface area contributed by atoms with Gasteiger partial charge in [0.05, 0.1) is 18.3 Å². The molecule has 2 N–H and O–H groups in total. The van der Waals surface area contributed by atoms with E-state index in [1.54, 1.807) is 12.1 Å². The largest absolute Gasteiger partial charge is 0.489 e. The van der Waals surface area contributed by atoms with Crippen molar-refractivity contribution in [3.05, 3.63) is 24.3 Å². The van der Waals surface area contributed by atoms with Gasteiger partial charge >= 0.3 is 0 Å². The van der Waals surface area contributed by atoms with Crippen LogP contribution in [-0.2, 0) is 9.59 Å². The fraction of sp³-hybridized carbons (Fsp3) is 0.467. The van der Waals surface area contributed by atoms with Crippen LogP contribution in [0.25, 0.3) is 0 Å². The molecule has 0 aliphatic carbocycles. The highest BCUT2D eigenvalue weighted by atomic mass is 16.5. The van der Waals surface area contributed by atoms with Crippen LogP contribution in [0.5, 0.6) is 5.75 Å². The van der Waals surface area contributed by atoms with Crippen molar-refractivity contribution in [1.29, 1.82) is 0 Å². The summed E-state index contributed by atoms with van der Waals surface area (Å²) in [6.07, 6.45) is 1.22. The van der Waals surface area contributed by atoms with Gasteiger partial charge in [-0.05, 0) is 32.4 Å². The average Bonchev–Trinajstić information content (AvgIpc) is 2.38. The zero-order valence-electron chi connectivity index (χ0n) is 12.2. The molecule has 1 aromatic rings. The van der Waals surface area contributed by atoms with Crippen molar-refractivity contribution >= 4 is 17.5 Å². The normalized spacial score (nSPS) is 10.2. The summed E-state index contributed by atoms with van der Waals surface area (Å²) in [4.78, 5) is 23.1. The molecule has 20 heavy (non-hydrogen) atoms. The van der Waals surface area contributed by atoms with Crippen molar-refractivity contribution in [3.8, 4) is 5.75 Å². The molecule has 5 nitrogen and oxygen atoms in total. The summed E-state index contributed by atoms with van der Waals surface area (Å²) in [6.45, 7) is 5.72. The zero-order valence-corrected chi connectivity index (χ0v) is 12.2. The van der Waals surface area contributed by atoms with Crippen LogP contribution in [0.15, 0.2) is 24.3 Å². The van der Waals surface area contributed by atoms with Crippen LogP contribution < -0.4 is 15.4 Å². The molecule has 0 fully saturated rings. The second-order valence-electron chi connectivity index (χ2n) is 4.74. The fourth-order valence-corrected chi connectivity index (χ4v) is 1.62. The van der Waals surface area contributed by atoms with Crippen molar-refractivity contribution in [1.82, 2.24) is 5.32 Å². The summed E-state index contributed by atoms with van der Waals surface area (Å²) in [6, 6.07) is 7.23. The summed E-state index contributed by atoms with van der Waals surface area (Å²) in [5, 5.41) is 5.31. The van der Waals surface area contributed by atoms with Crippen molar-refractivity contribution in [2.45, 2.75) is 39.7 Å². The lowest BCUT2D eigenvalue weighted by molar-refractivity contribution is -0.124. The van der Waals surface area contributed by atoms with Crippen LogP contribution in [0.1, 0.15) is 33.6 Å². The molecule has 0 bridgehead atoms. The molecule has 0 aromatic heterocycles. The highest BCUT2D eigenvalue weighted by Gasteiger charge is 2.09. The van der Waals surface area contributed by atoms with Gasteiger partial charge in [0, 0.05) is 6.42 Å². The number of carbonyl (C=O) groups is 2. The van der Waals surface area contributed by atoms with Crippen LogP contribution in [0.3, 0.4) is 0 Å². The Morgan fingerprint density at radius 1 is 1.20 bits per heavy atom. The smallest absolute Gasteiger partial charge is 0.243 e. The van der Waals surface area contributed by atoms with Gasteiger partial charge < -0.3 is 15.4 Å². The molecule has 0 aliphatic heterocycles. The number of ether oxygens (including phenoxy) is 1. The number of hydrogen-bond donors (Lipinski definition) is 2. The van der Waals surface area contributed by atoms with Gasteiger partial charge in [0.1, 0.15) is 5.75 Å². The maximum absolute atomic E-state index is 11.8. The second-order valence-corrected chi connectivity index (χ2v) is 4.74. The number of rotatable bonds is 7. The molecule has 0 aliphatic rings. The lowest BCUT2D eigenvalue weighted by Crippen LogP contribution is -2.32. The van der Waals surface area contributed by atoms with Crippen molar-refractivity contribution in [2.24, 2.45) is 0 Å². The third-order valence-electron chi connectivity index (χ3n) is 2.45. The van der Waals surface area contributed by atoms with Crippen molar-refractivity contribution in [2.75, 3.05) is 11.9 Å². The summed E-state index contributed by atoms with van der Waals surface area (Å²) < 4.78 is 5.61. The molecule has 1 aromatic carbocycles. The van der Waals surface area contributed by atoms with E-state index in [1.165, 1.54) is 0 Å². The van der Waals surface area contributed by atoms with Crippen molar-refractivity contribution < 1.29 is 14.3 Å². The molecule has 0 unspecified atom stereocenters. The molecular formula is C15H22N2O3. The predicted octanol–water partition coefficient (Wildman–Crippen LogP) is 2.33. The molecule has 0 saturated heterocycles. The Morgan fingerprint density at radius 2 is 1.90 bits per heavy atom. The zero-order chi connectivity index (χ0) is 15.0. The Morgan fingerprint density at radius 3 is 2.55 bits per heavy atom. The summed E-state index contributed by atoms with van der Waals surface area (Å²) in [5.74, 6) is 0.236. The first-order valence-corrected chi connectivity index (χ1v) is 6.85. The van der Waals surface area contributed by atoms with E-state index in [0.717, 1.165) is 6.42 Å². The Hall–Kier alpha value is -2.04. The SMILES string of the molecule is CCCC(=O)NCC(=O)Nc1ccccc1OC(C)C. The van der Waals surface area contributed by atoms with E-state index < -0.39 is 0 Å². The first-order chi connectivity index (χ1) is 9.52. The number of benzene rings is 1. The maximum atomic E-state index is 11.8. The molecule has 2 amide bonds. The van der Waals surface area contributed by atoms with E-state index in [1.807, 2.05) is 32.9 Å². The standard InChI is InChI=1S/C15H22N2O3/c1-4-7-14(18)16-10-15(19)17-12-8-5-6-9-13(12)20-11(2)3/h5-6,8-9,11H,4,7,10H2,1-3H3,(H,16,18)(H,17,19). The maximum Gasteiger partial charge on any atom is 0.243 e. The van der Waals surface area contributed by atoms with E-state index in [0.29, 0.717) is 17.9 Å². The van der Waals surface area contributed by atoms with E-state index in [2.05, 4.69) is 10.6 Å². The van der Waals surface area contributed by atoms with Gasteiger partial charge in [0.25, 0.3) is 0 Å².